The summed E-state index contributed by atoms with van der Waals surface area (Å²) in [4.78, 5) is 11.7. The van der Waals surface area contributed by atoms with E-state index in [1.54, 1.807) is 0 Å². The molecule has 2 saturated heterocycles. The number of nitrogens with one attached hydrogen (secondary N) is 1. The van der Waals surface area contributed by atoms with Gasteiger partial charge < -0.3 is 24.0 Å². The summed E-state index contributed by atoms with van der Waals surface area (Å²) in [6.07, 6.45) is -0.205. The monoisotopic (exact) mass is 359 g/mol. The Bertz CT molecular complexity index is 474. The van der Waals surface area contributed by atoms with Gasteiger partial charge in [-0.3, -0.25) is 4.79 Å². The summed E-state index contributed by atoms with van der Waals surface area (Å²) in [6.45, 7) is 15.6. The van der Waals surface area contributed by atoms with Crippen LogP contribution in [0.3, 0.4) is 0 Å². The molecule has 0 bridgehead atoms. The Morgan fingerprint density at radius 2 is 1.83 bits per heavy atom. The molecule has 0 radical (unpaired) electrons. The van der Waals surface area contributed by atoms with Crippen LogP contribution in [-0.4, -0.2) is 58.1 Å². The molecule has 0 unspecified atom stereocenters. The van der Waals surface area contributed by atoms with Gasteiger partial charge in [-0.2, -0.15) is 0 Å². The van der Waals surface area contributed by atoms with Crippen LogP contribution in [-0.2, 0) is 23.4 Å². The zero-order chi connectivity index (χ0) is 18.3. The van der Waals surface area contributed by atoms with E-state index in [9.17, 15) is 4.79 Å². The van der Waals surface area contributed by atoms with Crippen molar-refractivity contribution >= 4 is 14.3 Å². The van der Waals surface area contributed by atoms with Gasteiger partial charge in [0.2, 0.25) is 0 Å². The van der Waals surface area contributed by atoms with Crippen molar-refractivity contribution in [2.24, 2.45) is 0 Å². The van der Waals surface area contributed by atoms with E-state index in [1.165, 1.54) is 7.11 Å². The number of carbonyl (C=O) groups is 1. The molecule has 4 atom stereocenters. The van der Waals surface area contributed by atoms with Gasteiger partial charge in [0, 0.05) is 12.6 Å². The lowest BCUT2D eigenvalue weighted by molar-refractivity contribution is -0.154. The molecule has 0 aliphatic carbocycles. The lowest BCUT2D eigenvalue weighted by Crippen LogP contribution is -2.62. The Balaban J connectivity index is 2.16. The average Bonchev–Trinajstić information content (AvgIpc) is 2.76. The van der Waals surface area contributed by atoms with Gasteiger partial charge in [-0.05, 0) is 32.0 Å². The molecular formula is C17H33NO5Si. The van der Waals surface area contributed by atoms with Crippen molar-refractivity contribution in [2.45, 2.75) is 89.3 Å². The number of piperidine rings is 1. The standard InChI is InChI=1S/C17H33NO5Si/c1-16(2,3)24(7,8)23-12-10-18-11(9-13(19)20-6)14-15(12)22-17(4,5)21-14/h11-12,14-15,18H,9-10H2,1-8H3/t11-,12+,14-,15-/m1/s1. The lowest BCUT2D eigenvalue weighted by atomic mass is 9.94. The molecular weight excluding hydrogens is 326 g/mol. The van der Waals surface area contributed by atoms with Crippen molar-refractivity contribution in [1.29, 1.82) is 0 Å². The summed E-state index contributed by atoms with van der Waals surface area (Å²) in [6, 6.07) is -0.122. The van der Waals surface area contributed by atoms with E-state index in [-0.39, 0.29) is 41.8 Å². The predicted molar refractivity (Wildman–Crippen MR) is 94.3 cm³/mol. The molecule has 0 amide bonds. The Labute approximate surface area is 146 Å². The summed E-state index contributed by atoms with van der Waals surface area (Å²) in [5, 5.41) is 3.53. The van der Waals surface area contributed by atoms with Crippen LogP contribution in [0.25, 0.3) is 0 Å². The van der Waals surface area contributed by atoms with Gasteiger partial charge in [0.1, 0.15) is 12.2 Å². The molecule has 140 valence electrons. The molecule has 0 saturated carbocycles. The minimum atomic E-state index is -1.93. The van der Waals surface area contributed by atoms with Gasteiger partial charge in [0.05, 0.1) is 19.6 Å². The van der Waals surface area contributed by atoms with Crippen molar-refractivity contribution < 1.29 is 23.4 Å². The Hall–Kier alpha value is -0.473. The molecule has 2 aliphatic heterocycles. The molecule has 0 spiro atoms. The highest BCUT2D eigenvalue weighted by Crippen LogP contribution is 2.41. The maximum Gasteiger partial charge on any atom is 0.307 e. The fourth-order valence-electron chi connectivity index (χ4n) is 3.03. The number of methoxy groups -OCH3 is 1. The smallest absolute Gasteiger partial charge is 0.307 e. The van der Waals surface area contributed by atoms with E-state index < -0.39 is 14.1 Å². The number of carbonyl (C=O) groups excluding carboxylic acids is 1. The molecule has 0 aromatic carbocycles. The normalized spacial score (nSPS) is 33.2. The molecule has 24 heavy (non-hydrogen) atoms. The quantitative estimate of drug-likeness (QED) is 0.614. The van der Waals surface area contributed by atoms with Crippen LogP contribution in [0.1, 0.15) is 41.0 Å². The molecule has 2 heterocycles. The van der Waals surface area contributed by atoms with Gasteiger partial charge in [-0.1, -0.05) is 20.8 Å². The topological polar surface area (TPSA) is 66.0 Å². The van der Waals surface area contributed by atoms with Crippen molar-refractivity contribution in [3.05, 3.63) is 0 Å². The third-order valence-corrected chi connectivity index (χ3v) is 9.88. The minimum absolute atomic E-state index is 0.0773. The van der Waals surface area contributed by atoms with Gasteiger partial charge in [-0.25, -0.2) is 0 Å². The van der Waals surface area contributed by atoms with Crippen LogP contribution in [0, 0.1) is 0 Å². The van der Waals surface area contributed by atoms with Gasteiger partial charge in [0.15, 0.2) is 14.1 Å². The largest absolute Gasteiger partial charge is 0.469 e. The highest BCUT2D eigenvalue weighted by Gasteiger charge is 2.53. The SMILES string of the molecule is COC(=O)C[C@H]1NC[C@H](O[Si](C)(C)C(C)(C)C)[C@H]2OC(C)(C)O[C@@H]21. The van der Waals surface area contributed by atoms with Crippen LogP contribution < -0.4 is 5.32 Å². The van der Waals surface area contributed by atoms with Crippen molar-refractivity contribution in [3.8, 4) is 0 Å². The first-order valence-corrected chi connectivity index (χ1v) is 11.6. The highest BCUT2D eigenvalue weighted by molar-refractivity contribution is 6.74. The number of hydrogen-bond donors (Lipinski definition) is 1. The van der Waals surface area contributed by atoms with Gasteiger partial charge in [-0.15, -0.1) is 0 Å². The molecule has 7 heteroatoms. The molecule has 2 rings (SSSR count). The molecule has 2 aliphatic rings. The van der Waals surface area contributed by atoms with Crippen LogP contribution in [0.5, 0.6) is 0 Å². The molecule has 6 nitrogen and oxygen atoms in total. The Morgan fingerprint density at radius 3 is 2.38 bits per heavy atom. The Kier molecular flexibility index (Phi) is 5.53. The number of rotatable bonds is 4. The van der Waals surface area contributed by atoms with E-state index in [0.717, 1.165) is 0 Å². The molecule has 1 N–H and O–H groups in total. The van der Waals surface area contributed by atoms with Crippen LogP contribution in [0.15, 0.2) is 0 Å². The van der Waals surface area contributed by atoms with Crippen LogP contribution >= 0.6 is 0 Å². The van der Waals surface area contributed by atoms with E-state index in [1.807, 2.05) is 13.8 Å². The first-order chi connectivity index (χ1) is 10.9. The van der Waals surface area contributed by atoms with Crippen molar-refractivity contribution in [2.75, 3.05) is 13.7 Å². The summed E-state index contributed by atoms with van der Waals surface area (Å²) in [5.41, 5.74) is 0. The second-order valence-electron chi connectivity index (χ2n) is 8.78. The lowest BCUT2D eigenvalue weighted by Gasteiger charge is -2.44. The van der Waals surface area contributed by atoms with E-state index in [0.29, 0.717) is 6.54 Å². The van der Waals surface area contributed by atoms with Gasteiger partial charge in [0.25, 0.3) is 0 Å². The van der Waals surface area contributed by atoms with Crippen LogP contribution in [0.2, 0.25) is 18.1 Å². The third kappa shape index (κ3) is 4.19. The molecule has 0 aromatic rings. The predicted octanol–water partition coefficient (Wildman–Crippen LogP) is 2.43. The fraction of sp³-hybridized carbons (Fsp3) is 0.941. The highest BCUT2D eigenvalue weighted by atomic mass is 28.4. The fourth-order valence-corrected chi connectivity index (χ4v) is 4.36. The summed E-state index contributed by atoms with van der Waals surface area (Å²) < 4.78 is 23.6. The van der Waals surface area contributed by atoms with Crippen LogP contribution in [0.4, 0.5) is 0 Å². The second kappa shape index (κ2) is 6.68. The van der Waals surface area contributed by atoms with E-state index >= 15 is 0 Å². The first-order valence-electron chi connectivity index (χ1n) is 8.70. The summed E-state index contributed by atoms with van der Waals surface area (Å²) in [7, 11) is -0.522. The number of ether oxygens (including phenoxy) is 3. The van der Waals surface area contributed by atoms with Crippen molar-refractivity contribution in [3.63, 3.8) is 0 Å². The van der Waals surface area contributed by atoms with E-state index in [2.05, 4.69) is 39.2 Å². The van der Waals surface area contributed by atoms with E-state index in [4.69, 9.17) is 18.6 Å². The number of hydrogen-bond acceptors (Lipinski definition) is 6. The Morgan fingerprint density at radius 1 is 1.25 bits per heavy atom. The molecule has 0 aromatic heterocycles. The first kappa shape index (κ1) is 19.8. The maximum atomic E-state index is 11.7. The zero-order valence-electron chi connectivity index (χ0n) is 16.3. The minimum Gasteiger partial charge on any atom is -0.469 e. The number of fused-ring (bicyclic) bond motifs is 1. The summed E-state index contributed by atoms with van der Waals surface area (Å²) >= 11 is 0. The molecule has 2 fully saturated rings. The second-order valence-corrected chi connectivity index (χ2v) is 13.5. The average molecular weight is 360 g/mol. The zero-order valence-corrected chi connectivity index (χ0v) is 17.3. The van der Waals surface area contributed by atoms with Crippen molar-refractivity contribution in [1.82, 2.24) is 5.32 Å². The summed E-state index contributed by atoms with van der Waals surface area (Å²) in [5.74, 6) is -0.923. The number of esters is 1. The maximum absolute atomic E-state index is 11.7. The van der Waals surface area contributed by atoms with Gasteiger partial charge >= 0.3 is 5.97 Å². The third-order valence-electron chi connectivity index (χ3n) is 5.37.